The summed E-state index contributed by atoms with van der Waals surface area (Å²) in [6.07, 6.45) is -3.12. The molecule has 5 aliphatic carbocycles. The van der Waals surface area contributed by atoms with E-state index in [2.05, 4.69) is 16.0 Å². The number of methoxy groups -OCH3 is 1. The third kappa shape index (κ3) is 19.9. The number of ether oxygens (including phenoxy) is 1. The van der Waals surface area contributed by atoms with Gasteiger partial charge in [0.2, 0.25) is 70.9 Å². The topological polar surface area (TPSA) is 279 Å². The van der Waals surface area contributed by atoms with Crippen molar-refractivity contribution in [3.63, 3.8) is 0 Å². The summed E-state index contributed by atoms with van der Waals surface area (Å²) < 4.78 is 90.6. The minimum Gasteiger partial charge on any atom is -0.381 e. The lowest BCUT2D eigenvalue weighted by Gasteiger charge is -2.47. The molecule has 2 saturated heterocycles. The van der Waals surface area contributed by atoms with Crippen molar-refractivity contribution in [2.75, 3.05) is 89.2 Å². The Morgan fingerprint density at radius 2 is 1.27 bits per heavy atom. The molecule has 3 N–H and O–H groups in total. The predicted molar refractivity (Wildman–Crippen MR) is 378 cm³/mol. The fraction of sp³-hybridized carbons (Fsp3) is 0.813. The van der Waals surface area contributed by atoms with Crippen LogP contribution in [-0.2, 0) is 62.3 Å². The number of carbonyl (C=O) groups excluding carboxylic acids is 12. The molecule has 0 radical (unpaired) electrons. The fourth-order valence-corrected chi connectivity index (χ4v) is 17.4. The summed E-state index contributed by atoms with van der Waals surface area (Å²) in [7, 11) is 11.0. The molecule has 7 fully saturated rings. The third-order valence-electron chi connectivity index (χ3n) is 24.8. The molecule has 3 aliphatic heterocycles. The first kappa shape index (κ1) is 84.5. The van der Waals surface area contributed by atoms with E-state index in [0.717, 1.165) is 27.5 Å². The van der Waals surface area contributed by atoms with Gasteiger partial charge in [0.05, 0.1) is 37.5 Å². The van der Waals surface area contributed by atoms with E-state index in [1.807, 2.05) is 6.92 Å². The summed E-state index contributed by atoms with van der Waals surface area (Å²) in [5.74, 6) is -14.3. The molecule has 0 aromatic heterocycles. The average Bonchev–Trinajstić information content (AvgIpc) is 1.10. The van der Waals surface area contributed by atoms with E-state index in [4.69, 9.17) is 4.74 Å². The van der Waals surface area contributed by atoms with Crippen LogP contribution in [-0.4, -0.2) is 276 Å². The van der Waals surface area contributed by atoms with E-state index in [1.54, 1.807) is 32.9 Å². The lowest BCUT2D eigenvalue weighted by molar-refractivity contribution is -0.215. The molecule has 3 unspecified atom stereocenters. The molecule has 13 atom stereocenters. The van der Waals surface area contributed by atoms with Crippen LogP contribution in [0, 0.1) is 47.3 Å². The summed E-state index contributed by atoms with van der Waals surface area (Å²) in [6.45, 7) is 5.80. The van der Waals surface area contributed by atoms with Crippen LogP contribution in [0.25, 0.3) is 0 Å². The van der Waals surface area contributed by atoms with Gasteiger partial charge in [-0.1, -0.05) is 52.2 Å². The van der Waals surface area contributed by atoms with E-state index in [9.17, 15) is 55.1 Å². The maximum atomic E-state index is 15.5. The van der Waals surface area contributed by atoms with Crippen molar-refractivity contribution in [1.29, 1.82) is 0 Å². The van der Waals surface area contributed by atoms with Crippen molar-refractivity contribution in [2.45, 2.75) is 254 Å². The number of likely N-dealkylation sites (N-methyl/N-ethyl adjacent to an activating group) is 7. The zero-order valence-electron chi connectivity index (χ0n) is 64.1. The van der Waals surface area contributed by atoms with Crippen LogP contribution < -0.4 is 16.0 Å². The Morgan fingerprint density at radius 1 is 0.642 bits per heavy atom. The van der Waals surface area contributed by atoms with Crippen molar-refractivity contribution < 1.29 is 88.6 Å². The van der Waals surface area contributed by atoms with Crippen molar-refractivity contribution in [2.24, 2.45) is 47.3 Å². The van der Waals surface area contributed by atoms with E-state index in [-0.39, 0.29) is 128 Å². The van der Waals surface area contributed by atoms with Crippen molar-refractivity contribution in [3.05, 3.63) is 12.2 Å². The van der Waals surface area contributed by atoms with E-state index < -0.39 is 198 Å². The highest BCUT2D eigenvalue weighted by atomic mass is 19.4. The summed E-state index contributed by atoms with van der Waals surface area (Å²) in [6, 6.07) is -10.5. The maximum absolute atomic E-state index is 15.5. The van der Waals surface area contributed by atoms with Crippen molar-refractivity contribution >= 4 is 70.9 Å². The first-order chi connectivity index (χ1) is 49.9. The molecular weight excluding hydrogens is 1390 g/mol. The van der Waals surface area contributed by atoms with Gasteiger partial charge in [-0.15, -0.1) is 0 Å². The van der Waals surface area contributed by atoms with Crippen LogP contribution in [0.3, 0.4) is 0 Å². The monoisotopic (exact) mass is 1510 g/mol. The number of fused-ring (bicyclic) bond motifs is 3. The summed E-state index contributed by atoms with van der Waals surface area (Å²) >= 11 is 0. The third-order valence-corrected chi connectivity index (χ3v) is 24.8. The smallest absolute Gasteiger partial charge is 0.381 e. The fourth-order valence-electron chi connectivity index (χ4n) is 17.4. The molecule has 31 heteroatoms. The second-order valence-electron chi connectivity index (χ2n) is 32.1. The van der Waals surface area contributed by atoms with Crippen molar-refractivity contribution in [1.82, 2.24) is 60.0 Å². The van der Waals surface area contributed by atoms with Gasteiger partial charge >= 0.3 is 12.4 Å². The minimum absolute atomic E-state index is 0.00366. The number of carbonyl (C=O) groups is 12. The van der Waals surface area contributed by atoms with E-state index in [0.29, 0.717) is 38.5 Å². The molecule has 106 heavy (non-hydrogen) atoms. The summed E-state index contributed by atoms with van der Waals surface area (Å²) in [4.78, 5) is 192. The van der Waals surface area contributed by atoms with Gasteiger partial charge in [-0.05, 0) is 171 Å². The SMILES string of the molecule is CC[C@H](C)[C@@H]1NC(=O)[C@H](C2CC2)N(C)C(=O)C[C@@H](C(=O)N(C)CC)N(C)C(=O)[C@H](C2CCCC2)N(C)C(=O)C2(CCC2)NC(=O)[C@@H]2C[C@H](C)CN2C(=O)[C@H](CCC2CCC(C(F)(F)F)C(OC)C2)NC(=O)CN(C)C(=O)[C@H](CC2CCC(C(F)(F)F)CC2)N2CC/C=C\C[C@@H](C2=O)N(C)C(=O)CN(C)C1=O. The molecule has 8 rings (SSSR count). The highest BCUT2D eigenvalue weighted by Crippen LogP contribution is 2.45. The van der Waals surface area contributed by atoms with Crippen molar-refractivity contribution in [3.8, 4) is 0 Å². The van der Waals surface area contributed by atoms with Gasteiger partial charge in [0.15, 0.2) is 0 Å². The molecule has 0 aromatic carbocycles. The van der Waals surface area contributed by atoms with Gasteiger partial charge in [0.1, 0.15) is 53.9 Å². The first-order valence-corrected chi connectivity index (χ1v) is 38.5. The summed E-state index contributed by atoms with van der Waals surface area (Å²) in [5, 5.41) is 8.71. The second kappa shape index (κ2) is 36.0. The Hall–Kier alpha value is -7.08. The average molecular weight is 1510 g/mol. The van der Waals surface area contributed by atoms with Gasteiger partial charge in [-0.2, -0.15) is 26.3 Å². The van der Waals surface area contributed by atoms with Gasteiger partial charge in [-0.3, -0.25) is 57.5 Å². The number of hydrogen-bond donors (Lipinski definition) is 3. The van der Waals surface area contributed by atoms with Gasteiger partial charge in [0.25, 0.3) is 0 Å². The van der Waals surface area contributed by atoms with Crippen LogP contribution in [0.5, 0.6) is 0 Å². The van der Waals surface area contributed by atoms with Crippen LogP contribution in [0.15, 0.2) is 12.2 Å². The first-order valence-electron chi connectivity index (χ1n) is 38.5. The number of alkyl halides is 6. The molecule has 12 amide bonds. The Labute approximate surface area is 620 Å². The Morgan fingerprint density at radius 3 is 1.86 bits per heavy atom. The quantitative estimate of drug-likeness (QED) is 0.148. The zero-order chi connectivity index (χ0) is 78.2. The number of nitrogens with one attached hydrogen (secondary N) is 3. The van der Waals surface area contributed by atoms with Crippen LogP contribution in [0.2, 0.25) is 0 Å². The molecule has 2 bridgehead atoms. The van der Waals surface area contributed by atoms with Crippen LogP contribution >= 0.6 is 0 Å². The minimum atomic E-state index is -4.55. The van der Waals surface area contributed by atoms with Gasteiger partial charge < -0.3 is 64.8 Å². The molecule has 8 aliphatic rings. The standard InChI is InChI=1S/C75H116F6N12O13/c1-13-45(4)61-70(103)87(7)43-60(96)88(8)53-23-16-15-19-36-92(69(53)102)56(38-46-24-30-50(31-25-46)74(76,77)78)68(101)86(6)42-58(94)82-52(33-27-47-26-32-51(75(79,80)81)57(39-47)106-12)66(99)93-41-44(3)37-54(93)64(97)84-73(34-20-35-73)72(105)91(11)63(48-21-17-18-22-48)71(104)89(9)55(67(100)85(5)14-2)40-59(95)90(10)62(49-28-29-49)65(98)83-61/h15-16,44-57,61-63H,13-14,17-43H2,1-12H3,(H,82,94)(H,83,98)(H,84,97)/b16-15-/t44-,45-,46?,47?,50?,51?,52-,53-,54-,55-,56-,57?,61-,62-,63-/m0/s1. The lowest BCUT2D eigenvalue weighted by Crippen LogP contribution is -2.68. The second-order valence-corrected chi connectivity index (χ2v) is 32.1. The number of nitrogens with zero attached hydrogens (tertiary/aromatic N) is 9. The molecule has 0 aromatic rings. The molecular formula is C75H116F6N12O13. The predicted octanol–water partition coefficient (Wildman–Crippen LogP) is 6.06. The molecule has 3 heterocycles. The molecule has 596 valence electrons. The van der Waals surface area contributed by atoms with E-state index in [1.165, 1.54) is 85.8 Å². The Bertz CT molecular complexity index is 3210. The summed E-state index contributed by atoms with van der Waals surface area (Å²) in [5.41, 5.74) is -1.58. The van der Waals surface area contributed by atoms with Crippen LogP contribution in [0.1, 0.15) is 182 Å². The van der Waals surface area contributed by atoms with Gasteiger partial charge in [0, 0.05) is 76.1 Å². The molecule has 25 nitrogen and oxygen atoms in total. The zero-order valence-corrected chi connectivity index (χ0v) is 64.1. The molecule has 5 saturated carbocycles. The number of hydrogen-bond acceptors (Lipinski definition) is 13. The van der Waals surface area contributed by atoms with Crippen LogP contribution in [0.4, 0.5) is 26.3 Å². The largest absolute Gasteiger partial charge is 0.394 e. The molecule has 1 spiro atoms. The van der Waals surface area contributed by atoms with E-state index >= 15 is 28.8 Å². The maximum Gasteiger partial charge on any atom is 0.394 e. The Balaban J connectivity index is 1.18. The number of halogens is 6. The Kier molecular flexibility index (Phi) is 28.7. The normalized spacial score (nSPS) is 32.3. The number of amides is 12. The highest BCUT2D eigenvalue weighted by Gasteiger charge is 2.55. The number of rotatable bonds is 12. The lowest BCUT2D eigenvalue weighted by atomic mass is 9.74. The van der Waals surface area contributed by atoms with Gasteiger partial charge in [-0.25, -0.2) is 0 Å². The highest BCUT2D eigenvalue weighted by molar-refractivity contribution is 6.01.